The minimum atomic E-state index is -0.162. The van der Waals surface area contributed by atoms with Gasteiger partial charge in [-0.2, -0.15) is 4.98 Å². The quantitative estimate of drug-likeness (QED) is 0.825. The highest BCUT2D eigenvalue weighted by atomic mass is 16.5. The number of rotatable bonds is 7. The lowest BCUT2D eigenvalue weighted by molar-refractivity contribution is -0.121. The number of aromatic nitrogens is 5. The first-order chi connectivity index (χ1) is 12.2. The molecule has 25 heavy (non-hydrogen) atoms. The van der Waals surface area contributed by atoms with Gasteiger partial charge in [0.25, 0.3) is 0 Å². The van der Waals surface area contributed by atoms with Crippen molar-refractivity contribution in [3.63, 3.8) is 0 Å². The maximum absolute atomic E-state index is 12.2. The first kappa shape index (κ1) is 17.6. The van der Waals surface area contributed by atoms with Gasteiger partial charge in [-0.05, 0) is 26.2 Å². The fourth-order valence-electron chi connectivity index (χ4n) is 3.14. The first-order valence-electron chi connectivity index (χ1n) is 9.20. The molecule has 0 aliphatic carbocycles. The number of carbonyl (C=O) groups is 1. The van der Waals surface area contributed by atoms with E-state index >= 15 is 0 Å². The second-order valence-corrected chi connectivity index (χ2v) is 6.58. The molecule has 1 N–H and O–H groups in total. The molecule has 3 rings (SSSR count). The SMILES string of the molecule is CCCc1noc(CCC(=O)N[C@@H](C)c2nnc3n2CCCCC3)n1. The van der Waals surface area contributed by atoms with Crippen molar-refractivity contribution < 1.29 is 9.32 Å². The van der Waals surface area contributed by atoms with Crippen molar-refractivity contribution in [3.05, 3.63) is 23.4 Å². The lowest BCUT2D eigenvalue weighted by Gasteiger charge is -2.15. The van der Waals surface area contributed by atoms with Crippen LogP contribution in [0, 0.1) is 0 Å². The molecule has 136 valence electrons. The molecule has 1 aliphatic heterocycles. The van der Waals surface area contributed by atoms with E-state index in [0.717, 1.165) is 50.3 Å². The van der Waals surface area contributed by atoms with Gasteiger partial charge in [-0.1, -0.05) is 18.5 Å². The van der Waals surface area contributed by atoms with E-state index in [9.17, 15) is 4.79 Å². The summed E-state index contributed by atoms with van der Waals surface area (Å²) >= 11 is 0. The van der Waals surface area contributed by atoms with Gasteiger partial charge in [0, 0.05) is 32.2 Å². The van der Waals surface area contributed by atoms with Crippen LogP contribution in [0.25, 0.3) is 0 Å². The Bertz CT molecular complexity index is 708. The summed E-state index contributed by atoms with van der Waals surface area (Å²) in [6.07, 6.45) is 7.01. The molecule has 0 bridgehead atoms. The fraction of sp³-hybridized carbons (Fsp3) is 0.706. The van der Waals surface area contributed by atoms with Gasteiger partial charge in [-0.3, -0.25) is 4.79 Å². The number of aryl methyl sites for hydroxylation is 3. The number of nitrogens with one attached hydrogen (secondary N) is 1. The van der Waals surface area contributed by atoms with Crippen molar-refractivity contribution in [3.8, 4) is 0 Å². The van der Waals surface area contributed by atoms with Crippen molar-refractivity contribution >= 4 is 5.91 Å². The molecule has 1 aliphatic rings. The second-order valence-electron chi connectivity index (χ2n) is 6.58. The summed E-state index contributed by atoms with van der Waals surface area (Å²) in [6.45, 7) is 4.95. The molecule has 0 unspecified atom stereocenters. The van der Waals surface area contributed by atoms with Crippen molar-refractivity contribution in [1.29, 1.82) is 0 Å². The third kappa shape index (κ3) is 4.43. The van der Waals surface area contributed by atoms with Gasteiger partial charge < -0.3 is 14.4 Å². The molecule has 8 heteroatoms. The van der Waals surface area contributed by atoms with Gasteiger partial charge in [-0.15, -0.1) is 10.2 Å². The largest absolute Gasteiger partial charge is 0.346 e. The Labute approximate surface area is 147 Å². The van der Waals surface area contributed by atoms with E-state index in [2.05, 4.69) is 37.1 Å². The molecule has 0 spiro atoms. The molecule has 8 nitrogen and oxygen atoms in total. The van der Waals surface area contributed by atoms with Crippen LogP contribution in [-0.2, 0) is 30.6 Å². The third-order valence-corrected chi connectivity index (χ3v) is 4.45. The van der Waals surface area contributed by atoms with Gasteiger partial charge in [0.2, 0.25) is 11.8 Å². The maximum atomic E-state index is 12.2. The van der Waals surface area contributed by atoms with Crippen LogP contribution in [0.4, 0.5) is 0 Å². The van der Waals surface area contributed by atoms with E-state index < -0.39 is 0 Å². The van der Waals surface area contributed by atoms with E-state index in [1.807, 2.05) is 6.92 Å². The molecule has 2 aromatic rings. The fourth-order valence-corrected chi connectivity index (χ4v) is 3.14. The van der Waals surface area contributed by atoms with Crippen LogP contribution in [0.15, 0.2) is 4.52 Å². The number of hydrogen-bond donors (Lipinski definition) is 1. The Morgan fingerprint density at radius 2 is 2.16 bits per heavy atom. The minimum Gasteiger partial charge on any atom is -0.346 e. The van der Waals surface area contributed by atoms with Crippen LogP contribution >= 0.6 is 0 Å². The van der Waals surface area contributed by atoms with Crippen molar-refractivity contribution in [2.45, 2.75) is 77.8 Å². The monoisotopic (exact) mass is 346 g/mol. The average molecular weight is 346 g/mol. The lowest BCUT2D eigenvalue weighted by Crippen LogP contribution is -2.29. The smallest absolute Gasteiger partial charge is 0.227 e. The molecule has 2 aromatic heterocycles. The van der Waals surface area contributed by atoms with E-state index in [1.54, 1.807) is 0 Å². The van der Waals surface area contributed by atoms with Crippen LogP contribution < -0.4 is 5.32 Å². The molecule has 0 saturated carbocycles. The molecule has 1 amide bonds. The predicted molar refractivity (Wildman–Crippen MR) is 90.7 cm³/mol. The molecule has 1 atom stereocenters. The summed E-state index contributed by atoms with van der Waals surface area (Å²) in [5, 5.41) is 15.5. The van der Waals surface area contributed by atoms with Crippen LogP contribution in [-0.4, -0.2) is 30.8 Å². The van der Waals surface area contributed by atoms with Crippen molar-refractivity contribution in [2.24, 2.45) is 0 Å². The van der Waals surface area contributed by atoms with Crippen LogP contribution in [0.1, 0.15) is 75.4 Å². The van der Waals surface area contributed by atoms with Crippen molar-refractivity contribution in [1.82, 2.24) is 30.2 Å². The zero-order chi connectivity index (χ0) is 17.6. The zero-order valence-electron chi connectivity index (χ0n) is 15.0. The topological polar surface area (TPSA) is 98.7 Å². The van der Waals surface area contributed by atoms with Crippen molar-refractivity contribution in [2.75, 3.05) is 0 Å². The Morgan fingerprint density at radius 3 is 3.00 bits per heavy atom. The molecule has 0 saturated heterocycles. The number of fused-ring (bicyclic) bond motifs is 1. The molecule has 3 heterocycles. The second kappa shape index (κ2) is 8.22. The molecule has 0 fully saturated rings. The summed E-state index contributed by atoms with van der Waals surface area (Å²) in [5.74, 6) is 3.05. The van der Waals surface area contributed by atoms with Gasteiger partial charge in [0.1, 0.15) is 5.82 Å². The number of hydrogen-bond acceptors (Lipinski definition) is 6. The lowest BCUT2D eigenvalue weighted by atomic mass is 10.2. The summed E-state index contributed by atoms with van der Waals surface area (Å²) < 4.78 is 7.33. The van der Waals surface area contributed by atoms with Gasteiger partial charge in [0.05, 0.1) is 6.04 Å². The number of nitrogens with zero attached hydrogens (tertiary/aromatic N) is 5. The van der Waals surface area contributed by atoms with Gasteiger partial charge in [0.15, 0.2) is 11.6 Å². The van der Waals surface area contributed by atoms with Gasteiger partial charge in [-0.25, -0.2) is 0 Å². The Morgan fingerprint density at radius 1 is 1.28 bits per heavy atom. The van der Waals surface area contributed by atoms with E-state index in [0.29, 0.717) is 24.6 Å². The van der Waals surface area contributed by atoms with Gasteiger partial charge >= 0.3 is 0 Å². The standard InChI is InChI=1S/C17H26N6O2/c1-3-7-13-19-16(25-22-13)10-9-15(24)18-12(2)17-21-20-14-8-5-4-6-11-23(14)17/h12H,3-11H2,1-2H3,(H,18,24)/t12-/m0/s1. The normalized spacial score (nSPS) is 15.4. The van der Waals surface area contributed by atoms with Crippen LogP contribution in [0.2, 0.25) is 0 Å². The van der Waals surface area contributed by atoms with E-state index in [1.165, 1.54) is 6.42 Å². The Hall–Kier alpha value is -2.25. The maximum Gasteiger partial charge on any atom is 0.227 e. The summed E-state index contributed by atoms with van der Waals surface area (Å²) in [7, 11) is 0. The Balaban J connectivity index is 1.53. The van der Waals surface area contributed by atoms with Crippen LogP contribution in [0.3, 0.4) is 0 Å². The minimum absolute atomic E-state index is 0.0475. The first-order valence-corrected chi connectivity index (χ1v) is 9.20. The third-order valence-electron chi connectivity index (χ3n) is 4.45. The predicted octanol–water partition coefficient (Wildman–Crippen LogP) is 2.15. The van der Waals surface area contributed by atoms with Crippen LogP contribution in [0.5, 0.6) is 0 Å². The zero-order valence-corrected chi connectivity index (χ0v) is 15.0. The van der Waals surface area contributed by atoms with E-state index in [-0.39, 0.29) is 11.9 Å². The molecular formula is C17H26N6O2. The Kier molecular flexibility index (Phi) is 5.78. The average Bonchev–Trinajstić information content (AvgIpc) is 3.14. The summed E-state index contributed by atoms with van der Waals surface area (Å²) in [4.78, 5) is 16.5. The summed E-state index contributed by atoms with van der Waals surface area (Å²) in [6, 6.07) is -0.162. The molecule has 0 radical (unpaired) electrons. The highest BCUT2D eigenvalue weighted by Crippen LogP contribution is 2.18. The number of carbonyl (C=O) groups excluding carboxylic acids is 1. The molecular weight excluding hydrogens is 320 g/mol. The highest BCUT2D eigenvalue weighted by Gasteiger charge is 2.20. The highest BCUT2D eigenvalue weighted by molar-refractivity contribution is 5.76. The number of amides is 1. The molecule has 0 aromatic carbocycles. The van der Waals surface area contributed by atoms with E-state index in [4.69, 9.17) is 4.52 Å². The summed E-state index contributed by atoms with van der Waals surface area (Å²) in [5.41, 5.74) is 0.